The molecule has 0 saturated carbocycles. The molecule has 6 nitrogen and oxygen atoms in total. The highest BCUT2D eigenvalue weighted by molar-refractivity contribution is 6.30. The van der Waals surface area contributed by atoms with E-state index in [2.05, 4.69) is 15.5 Å². The minimum absolute atomic E-state index is 0.0818. The molecule has 4 aromatic rings. The topological polar surface area (TPSA) is 73.0 Å². The van der Waals surface area contributed by atoms with Gasteiger partial charge in [-0.15, -0.1) is 0 Å². The Morgan fingerprint density at radius 2 is 1.97 bits per heavy atom. The number of nitrogens with zero attached hydrogens (tertiary/aromatic N) is 3. The summed E-state index contributed by atoms with van der Waals surface area (Å²) in [6.07, 6.45) is 1.76. The molecule has 0 spiro atoms. The number of carbonyl (C=O) groups is 1. The summed E-state index contributed by atoms with van der Waals surface area (Å²) in [5.41, 5.74) is 2.18. The lowest BCUT2D eigenvalue weighted by atomic mass is 10.2. The molecule has 0 radical (unpaired) electrons. The molecule has 0 saturated heterocycles. The maximum atomic E-state index is 13.0. The van der Waals surface area contributed by atoms with Crippen molar-refractivity contribution in [2.45, 2.75) is 13.1 Å². The Labute approximate surface area is 170 Å². The molecule has 0 unspecified atom stereocenters. The molecule has 0 aliphatic rings. The molecule has 1 N–H and O–H groups in total. The monoisotopic (exact) mass is 410 g/mol. The van der Waals surface area contributed by atoms with Crippen molar-refractivity contribution in [3.05, 3.63) is 83.3 Å². The summed E-state index contributed by atoms with van der Waals surface area (Å²) in [5.74, 6) is 0.211. The fourth-order valence-corrected chi connectivity index (χ4v) is 3.02. The maximum absolute atomic E-state index is 13.0. The lowest BCUT2D eigenvalue weighted by molar-refractivity contribution is -0.121. The number of rotatable bonds is 6. The molecule has 2 aromatic carbocycles. The summed E-state index contributed by atoms with van der Waals surface area (Å²) in [4.78, 5) is 16.7. The summed E-state index contributed by atoms with van der Waals surface area (Å²) < 4.78 is 20.0. The van der Waals surface area contributed by atoms with Crippen molar-refractivity contribution in [1.29, 1.82) is 0 Å². The highest BCUT2D eigenvalue weighted by atomic mass is 35.5. The van der Waals surface area contributed by atoms with Crippen LogP contribution in [0.1, 0.15) is 5.56 Å². The van der Waals surface area contributed by atoms with Crippen LogP contribution in [0.4, 0.5) is 4.39 Å². The van der Waals surface area contributed by atoms with E-state index in [0.717, 1.165) is 11.1 Å². The van der Waals surface area contributed by atoms with Gasteiger partial charge in [-0.3, -0.25) is 4.79 Å². The first-order valence-corrected chi connectivity index (χ1v) is 9.22. The summed E-state index contributed by atoms with van der Waals surface area (Å²) in [5, 5.41) is 7.39. The summed E-state index contributed by atoms with van der Waals surface area (Å²) in [6, 6.07) is 16.7. The molecule has 0 aliphatic heterocycles. The zero-order valence-electron chi connectivity index (χ0n) is 15.2. The van der Waals surface area contributed by atoms with Gasteiger partial charge < -0.3 is 14.4 Å². The smallest absolute Gasteiger partial charge is 0.274 e. The van der Waals surface area contributed by atoms with Crippen LogP contribution in [-0.2, 0) is 17.9 Å². The summed E-state index contributed by atoms with van der Waals surface area (Å²) >= 11 is 6.01. The normalized spacial score (nSPS) is 10.8. The Morgan fingerprint density at radius 1 is 1.14 bits per heavy atom. The highest BCUT2D eigenvalue weighted by Gasteiger charge is 2.15. The van der Waals surface area contributed by atoms with Gasteiger partial charge in [0, 0.05) is 23.3 Å². The van der Waals surface area contributed by atoms with Gasteiger partial charge in [0.25, 0.3) is 5.89 Å². The van der Waals surface area contributed by atoms with Gasteiger partial charge in [-0.1, -0.05) is 41.0 Å². The maximum Gasteiger partial charge on any atom is 0.274 e. The van der Waals surface area contributed by atoms with Gasteiger partial charge in [0.2, 0.25) is 11.7 Å². The summed E-state index contributed by atoms with van der Waals surface area (Å²) in [6.45, 7) is 0.396. The van der Waals surface area contributed by atoms with Gasteiger partial charge in [-0.2, -0.15) is 4.98 Å². The van der Waals surface area contributed by atoms with E-state index in [1.165, 1.54) is 12.1 Å². The Hall–Kier alpha value is -3.45. The minimum atomic E-state index is -0.311. The van der Waals surface area contributed by atoms with Gasteiger partial charge in [0.1, 0.15) is 18.1 Å². The van der Waals surface area contributed by atoms with Gasteiger partial charge in [0.15, 0.2) is 0 Å². The molecule has 8 heteroatoms. The zero-order chi connectivity index (χ0) is 20.2. The van der Waals surface area contributed by atoms with Crippen molar-refractivity contribution >= 4 is 17.5 Å². The molecule has 2 heterocycles. The number of carbonyl (C=O) groups excluding carboxylic acids is 1. The minimum Gasteiger partial charge on any atom is -0.350 e. The molecule has 0 fully saturated rings. The molecule has 2 aromatic heterocycles. The van der Waals surface area contributed by atoms with Crippen LogP contribution in [0.25, 0.3) is 23.0 Å². The second kappa shape index (κ2) is 8.28. The molecule has 1 amide bonds. The number of halogens is 2. The van der Waals surface area contributed by atoms with E-state index in [0.29, 0.717) is 29.0 Å². The van der Waals surface area contributed by atoms with E-state index in [1.54, 1.807) is 47.2 Å². The van der Waals surface area contributed by atoms with Crippen LogP contribution in [0.5, 0.6) is 0 Å². The number of aromatic nitrogens is 3. The lowest BCUT2D eigenvalue weighted by Gasteiger charge is -2.08. The van der Waals surface area contributed by atoms with Crippen LogP contribution < -0.4 is 5.32 Å². The van der Waals surface area contributed by atoms with E-state index in [4.69, 9.17) is 16.1 Å². The Balaban J connectivity index is 1.44. The Morgan fingerprint density at radius 3 is 2.76 bits per heavy atom. The molecule has 0 atom stereocenters. The predicted molar refractivity (Wildman–Crippen MR) is 106 cm³/mol. The second-order valence-corrected chi connectivity index (χ2v) is 6.79. The fourth-order valence-electron chi connectivity index (χ4n) is 2.83. The molecule has 29 heavy (non-hydrogen) atoms. The van der Waals surface area contributed by atoms with Crippen molar-refractivity contribution in [3.63, 3.8) is 0 Å². The van der Waals surface area contributed by atoms with Crippen molar-refractivity contribution < 1.29 is 13.7 Å². The first-order valence-electron chi connectivity index (χ1n) is 8.85. The number of hydrogen-bond acceptors (Lipinski definition) is 4. The third kappa shape index (κ3) is 4.52. The quantitative estimate of drug-likeness (QED) is 0.514. The predicted octanol–water partition coefficient (Wildman–Crippen LogP) is 4.31. The molecule has 146 valence electrons. The van der Waals surface area contributed by atoms with Crippen LogP contribution in [0.15, 0.2) is 71.4 Å². The molecule has 0 bridgehead atoms. The lowest BCUT2D eigenvalue weighted by Crippen LogP contribution is -2.27. The molecule has 0 aliphatic carbocycles. The van der Waals surface area contributed by atoms with Crippen LogP contribution in [0, 0.1) is 5.82 Å². The standard InChI is InChI=1S/C21H16ClFN4O2/c22-16-4-1-3-15(11-16)20-25-21(29-26-20)18-5-2-10-27(18)13-19(28)24-12-14-6-8-17(23)9-7-14/h1-11H,12-13H2,(H,24,28). The number of amides is 1. The SMILES string of the molecule is O=C(Cn1cccc1-c1nc(-c2cccc(Cl)c2)no1)NCc1ccc(F)cc1. The number of nitrogens with one attached hydrogen (secondary N) is 1. The van der Waals surface area contributed by atoms with Gasteiger partial charge >= 0.3 is 0 Å². The van der Waals surface area contributed by atoms with Crippen molar-refractivity contribution in [1.82, 2.24) is 20.0 Å². The number of hydrogen-bond donors (Lipinski definition) is 1. The largest absolute Gasteiger partial charge is 0.350 e. The molecule has 4 rings (SSSR count). The highest BCUT2D eigenvalue weighted by Crippen LogP contribution is 2.24. The van der Waals surface area contributed by atoms with Crippen LogP contribution in [0.2, 0.25) is 5.02 Å². The average Bonchev–Trinajstić information content (AvgIpc) is 3.37. The molecular formula is C21H16ClFN4O2. The third-order valence-corrected chi connectivity index (χ3v) is 4.51. The van der Waals surface area contributed by atoms with Crippen molar-refractivity contribution in [2.24, 2.45) is 0 Å². The van der Waals surface area contributed by atoms with Crippen molar-refractivity contribution in [2.75, 3.05) is 0 Å². The first kappa shape index (κ1) is 18.9. The van der Waals surface area contributed by atoms with Crippen LogP contribution in [-0.4, -0.2) is 20.6 Å². The van der Waals surface area contributed by atoms with Gasteiger partial charge in [0.05, 0.1) is 0 Å². The Kier molecular flexibility index (Phi) is 5.39. The van der Waals surface area contributed by atoms with Crippen LogP contribution in [0.3, 0.4) is 0 Å². The van der Waals surface area contributed by atoms with Crippen LogP contribution >= 0.6 is 11.6 Å². The third-order valence-electron chi connectivity index (χ3n) is 4.27. The van der Waals surface area contributed by atoms with Gasteiger partial charge in [-0.05, 0) is 42.0 Å². The second-order valence-electron chi connectivity index (χ2n) is 6.36. The number of benzene rings is 2. The van der Waals surface area contributed by atoms with Crippen molar-refractivity contribution in [3.8, 4) is 23.0 Å². The first-order chi connectivity index (χ1) is 14.1. The van der Waals surface area contributed by atoms with Gasteiger partial charge in [-0.25, -0.2) is 4.39 Å². The van der Waals surface area contributed by atoms with E-state index in [-0.39, 0.29) is 18.3 Å². The Bertz CT molecular complexity index is 1140. The van der Waals surface area contributed by atoms with E-state index < -0.39 is 0 Å². The van der Waals surface area contributed by atoms with E-state index in [1.807, 2.05) is 12.1 Å². The zero-order valence-corrected chi connectivity index (χ0v) is 15.9. The van der Waals surface area contributed by atoms with E-state index >= 15 is 0 Å². The summed E-state index contributed by atoms with van der Waals surface area (Å²) in [7, 11) is 0. The molecular weight excluding hydrogens is 395 g/mol. The average molecular weight is 411 g/mol. The van der Waals surface area contributed by atoms with E-state index in [9.17, 15) is 9.18 Å². The fraction of sp³-hybridized carbons (Fsp3) is 0.0952.